The molecular weight excluding hydrogens is 392 g/mol. The molecule has 31 heavy (non-hydrogen) atoms. The monoisotopic (exact) mass is 416 g/mol. The summed E-state index contributed by atoms with van der Waals surface area (Å²) in [5, 5.41) is 3.91. The molecule has 2 aromatic heterocycles. The number of pyridine rings is 1. The van der Waals surface area contributed by atoms with Gasteiger partial charge >= 0.3 is 6.03 Å². The van der Waals surface area contributed by atoms with Crippen LogP contribution in [0, 0.1) is 0 Å². The van der Waals surface area contributed by atoms with Crippen molar-refractivity contribution in [3.05, 3.63) is 54.9 Å². The van der Waals surface area contributed by atoms with Crippen molar-refractivity contribution >= 4 is 33.7 Å². The van der Waals surface area contributed by atoms with Gasteiger partial charge in [-0.1, -0.05) is 12.1 Å². The van der Waals surface area contributed by atoms with Gasteiger partial charge in [-0.2, -0.15) is 0 Å². The van der Waals surface area contributed by atoms with Gasteiger partial charge in [-0.3, -0.25) is 4.57 Å². The second-order valence-corrected chi connectivity index (χ2v) is 7.76. The average Bonchev–Trinajstić information content (AvgIpc) is 3.21. The van der Waals surface area contributed by atoms with E-state index in [-0.39, 0.29) is 6.04 Å². The van der Waals surface area contributed by atoms with Crippen LogP contribution in [0.1, 0.15) is 12.8 Å². The molecule has 5 rings (SSSR count). The number of anilines is 1. The number of methoxy groups -OCH3 is 1. The number of nitrogens with zero attached hydrogens (tertiary/aromatic N) is 4. The Hall–Kier alpha value is -3.81. The number of amides is 2. The van der Waals surface area contributed by atoms with Gasteiger partial charge in [0.05, 0.1) is 29.3 Å². The lowest BCUT2D eigenvalue weighted by Crippen LogP contribution is -2.46. The molecule has 1 aliphatic heterocycles. The van der Waals surface area contributed by atoms with Gasteiger partial charge in [-0.15, -0.1) is 0 Å². The third kappa shape index (κ3) is 3.61. The number of ether oxygens (including phenoxy) is 1. The number of rotatable bonds is 4. The van der Waals surface area contributed by atoms with Gasteiger partial charge in [0.15, 0.2) is 0 Å². The fourth-order valence-corrected chi connectivity index (χ4v) is 4.28. The summed E-state index contributed by atoms with van der Waals surface area (Å²) in [7, 11) is 1.65. The molecule has 8 heteroatoms. The van der Waals surface area contributed by atoms with E-state index in [2.05, 4.69) is 39.5 Å². The van der Waals surface area contributed by atoms with Gasteiger partial charge in [0, 0.05) is 30.6 Å². The van der Waals surface area contributed by atoms with E-state index in [1.165, 1.54) is 0 Å². The zero-order valence-corrected chi connectivity index (χ0v) is 17.3. The summed E-state index contributed by atoms with van der Waals surface area (Å²) in [5.41, 5.74) is 9.16. The number of urea groups is 1. The molecule has 0 aliphatic carbocycles. The molecule has 1 fully saturated rings. The lowest BCUT2D eigenvalue weighted by atomic mass is 10.0. The van der Waals surface area contributed by atoms with Crippen LogP contribution in [0.25, 0.3) is 27.8 Å². The predicted molar refractivity (Wildman–Crippen MR) is 121 cm³/mol. The van der Waals surface area contributed by atoms with E-state index in [1.54, 1.807) is 13.4 Å². The van der Waals surface area contributed by atoms with Crippen molar-refractivity contribution < 1.29 is 9.53 Å². The molecule has 8 nitrogen and oxygen atoms in total. The van der Waals surface area contributed by atoms with Crippen LogP contribution in [-0.2, 0) is 0 Å². The Bertz CT molecular complexity index is 1260. The topological polar surface area (TPSA) is 98.3 Å². The van der Waals surface area contributed by atoms with Crippen molar-refractivity contribution in [3.63, 3.8) is 0 Å². The van der Waals surface area contributed by atoms with Crippen LogP contribution in [-0.4, -0.2) is 46.8 Å². The zero-order valence-electron chi connectivity index (χ0n) is 17.3. The number of piperidine rings is 1. The Labute approximate surface area is 179 Å². The van der Waals surface area contributed by atoms with E-state index in [9.17, 15) is 4.79 Å². The third-order valence-corrected chi connectivity index (χ3v) is 5.87. The van der Waals surface area contributed by atoms with Gasteiger partial charge in [-0.05, 0) is 43.2 Å². The van der Waals surface area contributed by atoms with Gasteiger partial charge in [-0.25, -0.2) is 14.8 Å². The molecule has 0 saturated carbocycles. The van der Waals surface area contributed by atoms with Crippen LogP contribution < -0.4 is 20.7 Å². The number of aromatic nitrogens is 3. The first-order valence-electron chi connectivity index (χ1n) is 10.3. The molecule has 0 atom stereocenters. The summed E-state index contributed by atoms with van der Waals surface area (Å²) in [4.78, 5) is 23.0. The van der Waals surface area contributed by atoms with Crippen LogP contribution in [0.2, 0.25) is 0 Å². The van der Waals surface area contributed by atoms with Crippen molar-refractivity contribution in [2.45, 2.75) is 18.9 Å². The summed E-state index contributed by atoms with van der Waals surface area (Å²) >= 11 is 0. The highest BCUT2D eigenvalue weighted by Gasteiger charge is 2.22. The number of para-hydroxylation sites is 1. The number of carbonyl (C=O) groups excluding carboxylic acids is 1. The number of imidazole rings is 1. The largest absolute Gasteiger partial charge is 0.497 e. The Morgan fingerprint density at radius 1 is 1.16 bits per heavy atom. The van der Waals surface area contributed by atoms with Gasteiger partial charge in [0.2, 0.25) is 0 Å². The van der Waals surface area contributed by atoms with Crippen LogP contribution in [0.15, 0.2) is 54.9 Å². The Morgan fingerprint density at radius 2 is 2.00 bits per heavy atom. The Morgan fingerprint density at radius 3 is 2.77 bits per heavy atom. The first kappa shape index (κ1) is 19.2. The molecule has 0 bridgehead atoms. The first-order valence-corrected chi connectivity index (χ1v) is 10.3. The quantitative estimate of drug-likeness (QED) is 0.532. The van der Waals surface area contributed by atoms with Crippen LogP contribution in [0.4, 0.5) is 10.5 Å². The third-order valence-electron chi connectivity index (χ3n) is 5.87. The van der Waals surface area contributed by atoms with E-state index in [1.807, 2.05) is 28.8 Å². The van der Waals surface area contributed by atoms with Crippen LogP contribution in [0.3, 0.4) is 0 Å². The number of fused-ring (bicyclic) bond motifs is 2. The lowest BCUT2D eigenvalue weighted by molar-refractivity contribution is 0.242. The average molecular weight is 416 g/mol. The first-order chi connectivity index (χ1) is 15.1. The van der Waals surface area contributed by atoms with Crippen molar-refractivity contribution in [1.29, 1.82) is 0 Å². The standard InChI is InChI=1S/C23H24N6O2/c1-31-17-6-7-19-18(13-17)25-14-29(19)21-8-5-15-3-2-4-20(22(15)27-21)28-11-9-16(10-12-28)26-23(24)30/h2-8,13-14,16H,9-12H2,1H3,(H3,24,26,30). The number of primary amides is 1. The fraction of sp³-hybridized carbons (Fsp3) is 0.261. The second kappa shape index (κ2) is 7.79. The van der Waals surface area contributed by atoms with E-state index in [0.717, 1.165) is 65.1 Å². The molecule has 0 spiro atoms. The van der Waals surface area contributed by atoms with Crippen LogP contribution >= 0.6 is 0 Å². The molecular formula is C23H24N6O2. The molecule has 2 amide bonds. The number of hydrogen-bond acceptors (Lipinski definition) is 5. The fourth-order valence-electron chi connectivity index (χ4n) is 4.28. The predicted octanol–water partition coefficient (Wildman–Crippen LogP) is 3.22. The lowest BCUT2D eigenvalue weighted by Gasteiger charge is -2.34. The molecule has 4 aromatic rings. The summed E-state index contributed by atoms with van der Waals surface area (Å²) in [6.45, 7) is 1.67. The minimum atomic E-state index is -0.458. The van der Waals surface area contributed by atoms with Crippen molar-refractivity contribution in [3.8, 4) is 11.6 Å². The van der Waals surface area contributed by atoms with Crippen molar-refractivity contribution in [1.82, 2.24) is 19.9 Å². The highest BCUT2D eigenvalue weighted by Crippen LogP contribution is 2.30. The minimum absolute atomic E-state index is 0.126. The molecule has 3 N–H and O–H groups in total. The molecule has 1 aliphatic rings. The Kier molecular flexibility index (Phi) is 4.82. The van der Waals surface area contributed by atoms with E-state index >= 15 is 0 Å². The van der Waals surface area contributed by atoms with E-state index in [4.69, 9.17) is 15.5 Å². The maximum Gasteiger partial charge on any atom is 0.312 e. The molecule has 158 valence electrons. The van der Waals surface area contributed by atoms with Crippen LogP contribution in [0.5, 0.6) is 5.75 Å². The molecule has 0 unspecified atom stereocenters. The molecule has 2 aromatic carbocycles. The number of carbonyl (C=O) groups is 1. The minimum Gasteiger partial charge on any atom is -0.497 e. The maximum atomic E-state index is 11.1. The van der Waals surface area contributed by atoms with Crippen molar-refractivity contribution in [2.75, 3.05) is 25.1 Å². The molecule has 0 radical (unpaired) electrons. The number of nitrogens with two attached hydrogens (primary N) is 1. The number of benzene rings is 2. The molecule has 3 heterocycles. The van der Waals surface area contributed by atoms with Gasteiger partial charge < -0.3 is 20.7 Å². The normalized spacial score (nSPS) is 14.8. The highest BCUT2D eigenvalue weighted by atomic mass is 16.5. The smallest absolute Gasteiger partial charge is 0.312 e. The van der Waals surface area contributed by atoms with Gasteiger partial charge in [0.25, 0.3) is 0 Å². The van der Waals surface area contributed by atoms with E-state index < -0.39 is 6.03 Å². The van der Waals surface area contributed by atoms with Crippen molar-refractivity contribution in [2.24, 2.45) is 5.73 Å². The van der Waals surface area contributed by atoms with Gasteiger partial charge in [0.1, 0.15) is 17.9 Å². The van der Waals surface area contributed by atoms with E-state index in [0.29, 0.717) is 0 Å². The second-order valence-electron chi connectivity index (χ2n) is 7.76. The highest BCUT2D eigenvalue weighted by molar-refractivity contribution is 5.92. The SMILES string of the molecule is COc1ccc2c(c1)ncn2-c1ccc2cccc(N3CCC(NC(N)=O)CC3)c2n1. The summed E-state index contributed by atoms with van der Waals surface area (Å²) in [6, 6.07) is 15.9. The number of hydrogen-bond donors (Lipinski definition) is 2. The molecule has 1 saturated heterocycles. The summed E-state index contributed by atoms with van der Waals surface area (Å²) in [5.74, 6) is 1.60. The zero-order chi connectivity index (χ0) is 21.4. The Balaban J connectivity index is 1.50. The maximum absolute atomic E-state index is 11.1. The summed E-state index contributed by atoms with van der Waals surface area (Å²) < 4.78 is 7.30. The summed E-state index contributed by atoms with van der Waals surface area (Å²) in [6.07, 6.45) is 3.50. The number of nitrogens with one attached hydrogen (secondary N) is 1.